The highest BCUT2D eigenvalue weighted by molar-refractivity contribution is 7.91. The van der Waals surface area contributed by atoms with Gasteiger partial charge in [-0.05, 0) is 54.3 Å². The first-order valence-electron chi connectivity index (χ1n) is 10.3. The summed E-state index contributed by atoms with van der Waals surface area (Å²) in [6.07, 6.45) is 1.69. The summed E-state index contributed by atoms with van der Waals surface area (Å²) in [6, 6.07) is 21.3. The van der Waals surface area contributed by atoms with E-state index >= 15 is 0 Å². The first-order chi connectivity index (χ1) is 15.4. The molecule has 0 fully saturated rings. The number of hydrogen-bond donors (Lipinski definition) is 1. The molecule has 0 aromatic heterocycles. The molecule has 0 saturated carbocycles. The average molecular weight is 450 g/mol. The van der Waals surface area contributed by atoms with Gasteiger partial charge in [0.15, 0.2) is 15.6 Å². The molecule has 0 saturated heterocycles. The van der Waals surface area contributed by atoms with E-state index in [1.165, 1.54) is 17.7 Å². The van der Waals surface area contributed by atoms with Gasteiger partial charge in [-0.2, -0.15) is 0 Å². The van der Waals surface area contributed by atoms with Crippen molar-refractivity contribution in [1.29, 1.82) is 0 Å². The number of sulfone groups is 1. The summed E-state index contributed by atoms with van der Waals surface area (Å²) in [6.45, 7) is 0. The molecule has 6 nitrogen and oxygen atoms in total. The van der Waals surface area contributed by atoms with Gasteiger partial charge in [0.1, 0.15) is 11.7 Å². The predicted molar refractivity (Wildman–Crippen MR) is 122 cm³/mol. The molecule has 1 aliphatic rings. The van der Waals surface area contributed by atoms with Crippen LogP contribution in [0, 0.1) is 5.92 Å². The molecule has 7 heteroatoms. The van der Waals surface area contributed by atoms with Gasteiger partial charge in [0, 0.05) is 11.3 Å². The zero-order chi connectivity index (χ0) is 22.7. The minimum absolute atomic E-state index is 0.00439. The Morgan fingerprint density at radius 2 is 1.53 bits per heavy atom. The zero-order valence-electron chi connectivity index (χ0n) is 17.6. The quantitative estimate of drug-likeness (QED) is 0.580. The van der Waals surface area contributed by atoms with E-state index in [4.69, 9.17) is 4.74 Å². The first-order valence-corrected chi connectivity index (χ1v) is 11.9. The first kappa shape index (κ1) is 21.8. The second-order valence-electron chi connectivity index (χ2n) is 7.73. The van der Waals surface area contributed by atoms with E-state index in [1.54, 1.807) is 31.4 Å². The van der Waals surface area contributed by atoms with Crippen molar-refractivity contribution in [3.05, 3.63) is 89.5 Å². The summed E-state index contributed by atoms with van der Waals surface area (Å²) in [7, 11) is -2.06. The fourth-order valence-electron chi connectivity index (χ4n) is 3.77. The number of fused-ring (bicyclic) bond motifs is 1. The second-order valence-corrected chi connectivity index (χ2v) is 9.73. The Hall–Kier alpha value is -3.45. The van der Waals surface area contributed by atoms with Crippen molar-refractivity contribution < 1.29 is 22.7 Å². The third-order valence-corrected chi connectivity index (χ3v) is 7.39. The third kappa shape index (κ3) is 4.57. The number of carbonyl (C=O) groups is 2. The second kappa shape index (κ2) is 8.96. The Morgan fingerprint density at radius 3 is 2.16 bits per heavy atom. The molecule has 3 aromatic carbocycles. The molecule has 1 N–H and O–H groups in total. The average Bonchev–Trinajstić information content (AvgIpc) is 2.81. The molecule has 1 amide bonds. The topological polar surface area (TPSA) is 89.5 Å². The van der Waals surface area contributed by atoms with Gasteiger partial charge in [0.2, 0.25) is 5.91 Å². The van der Waals surface area contributed by atoms with E-state index in [1.807, 2.05) is 36.4 Å². The SMILES string of the molecule is COc1ccc(CCc2ccc(NC(=O)[C@@H]3CS(=O)(=O)c4ccccc4C3=O)cc2)cc1. The van der Waals surface area contributed by atoms with Crippen molar-refractivity contribution in [1.82, 2.24) is 0 Å². The van der Waals surface area contributed by atoms with Crippen LogP contribution in [0.1, 0.15) is 21.5 Å². The number of methoxy groups -OCH3 is 1. The van der Waals surface area contributed by atoms with Crippen molar-refractivity contribution in [3.63, 3.8) is 0 Å². The molecule has 1 aliphatic heterocycles. The molecule has 32 heavy (non-hydrogen) atoms. The van der Waals surface area contributed by atoms with E-state index < -0.39 is 33.2 Å². The normalized spacial score (nSPS) is 16.8. The Labute approximate surface area is 187 Å². The highest BCUT2D eigenvalue weighted by Gasteiger charge is 2.40. The van der Waals surface area contributed by atoms with Crippen LogP contribution in [0.3, 0.4) is 0 Å². The van der Waals surface area contributed by atoms with Gasteiger partial charge in [-0.15, -0.1) is 0 Å². The van der Waals surface area contributed by atoms with Crippen molar-refractivity contribution in [2.24, 2.45) is 5.92 Å². The molecular formula is C25H23NO5S. The van der Waals surface area contributed by atoms with Crippen LogP contribution < -0.4 is 10.1 Å². The van der Waals surface area contributed by atoms with Crippen LogP contribution >= 0.6 is 0 Å². The number of aryl methyl sites for hydroxylation is 2. The molecular weight excluding hydrogens is 426 g/mol. The Balaban J connectivity index is 1.40. The van der Waals surface area contributed by atoms with Crippen LogP contribution in [0.4, 0.5) is 5.69 Å². The molecule has 1 heterocycles. The minimum Gasteiger partial charge on any atom is -0.497 e. The van der Waals surface area contributed by atoms with E-state index in [9.17, 15) is 18.0 Å². The highest BCUT2D eigenvalue weighted by Crippen LogP contribution is 2.29. The molecule has 0 unspecified atom stereocenters. The van der Waals surface area contributed by atoms with Crippen molar-refractivity contribution >= 4 is 27.2 Å². The van der Waals surface area contributed by atoms with Crippen LogP contribution in [-0.4, -0.2) is 33.0 Å². The number of benzene rings is 3. The van der Waals surface area contributed by atoms with E-state index in [0.29, 0.717) is 5.69 Å². The van der Waals surface area contributed by atoms with E-state index in [-0.39, 0.29) is 10.5 Å². The van der Waals surface area contributed by atoms with E-state index in [2.05, 4.69) is 5.32 Å². The van der Waals surface area contributed by atoms with Gasteiger partial charge in [-0.1, -0.05) is 42.5 Å². The molecule has 3 aromatic rings. The molecule has 0 spiro atoms. The van der Waals surface area contributed by atoms with Crippen LogP contribution in [0.5, 0.6) is 5.75 Å². The molecule has 164 valence electrons. The lowest BCUT2D eigenvalue weighted by Crippen LogP contribution is -2.39. The summed E-state index contributed by atoms with van der Waals surface area (Å²) in [5.74, 6) is -2.04. The van der Waals surface area contributed by atoms with Gasteiger partial charge in [-0.3, -0.25) is 9.59 Å². The summed E-state index contributed by atoms with van der Waals surface area (Å²) in [5, 5.41) is 2.69. The number of Topliss-reactive ketones (excluding diaryl/α,β-unsaturated/α-hetero) is 1. The van der Waals surface area contributed by atoms with E-state index in [0.717, 1.165) is 24.2 Å². The fourth-order valence-corrected chi connectivity index (χ4v) is 5.48. The lowest BCUT2D eigenvalue weighted by molar-refractivity contribution is -0.118. The third-order valence-electron chi connectivity index (χ3n) is 5.59. The largest absolute Gasteiger partial charge is 0.497 e. The van der Waals surface area contributed by atoms with Gasteiger partial charge in [0.25, 0.3) is 0 Å². The highest BCUT2D eigenvalue weighted by atomic mass is 32.2. The number of hydrogen-bond acceptors (Lipinski definition) is 5. The maximum Gasteiger partial charge on any atom is 0.236 e. The molecule has 4 rings (SSSR count). The molecule has 0 radical (unpaired) electrons. The lowest BCUT2D eigenvalue weighted by atomic mass is 9.97. The van der Waals surface area contributed by atoms with Crippen molar-refractivity contribution in [2.45, 2.75) is 17.7 Å². The summed E-state index contributed by atoms with van der Waals surface area (Å²) >= 11 is 0. The number of carbonyl (C=O) groups excluding carboxylic acids is 2. The van der Waals surface area contributed by atoms with Crippen molar-refractivity contribution in [3.8, 4) is 5.75 Å². The van der Waals surface area contributed by atoms with Crippen LogP contribution in [-0.2, 0) is 27.5 Å². The smallest absolute Gasteiger partial charge is 0.236 e. The summed E-state index contributed by atoms with van der Waals surface area (Å²) in [5.41, 5.74) is 2.89. The monoisotopic (exact) mass is 449 g/mol. The Kier molecular flexibility index (Phi) is 6.10. The number of nitrogens with one attached hydrogen (secondary N) is 1. The fraction of sp³-hybridized carbons (Fsp3) is 0.200. The molecule has 1 atom stereocenters. The maximum absolute atomic E-state index is 12.7. The number of amides is 1. The van der Waals surface area contributed by atoms with Crippen molar-refractivity contribution in [2.75, 3.05) is 18.2 Å². The number of anilines is 1. The zero-order valence-corrected chi connectivity index (χ0v) is 18.4. The Morgan fingerprint density at radius 1 is 0.938 bits per heavy atom. The maximum atomic E-state index is 12.7. The number of ketones is 1. The minimum atomic E-state index is -3.70. The van der Waals surface area contributed by atoms with Crippen LogP contribution in [0.25, 0.3) is 0 Å². The van der Waals surface area contributed by atoms with Gasteiger partial charge >= 0.3 is 0 Å². The number of rotatable bonds is 6. The van der Waals surface area contributed by atoms with Gasteiger partial charge < -0.3 is 10.1 Å². The van der Waals surface area contributed by atoms with Gasteiger partial charge in [0.05, 0.1) is 17.8 Å². The lowest BCUT2D eigenvalue weighted by Gasteiger charge is -2.22. The van der Waals surface area contributed by atoms with Gasteiger partial charge in [-0.25, -0.2) is 8.42 Å². The Bertz CT molecular complexity index is 1250. The predicted octanol–water partition coefficient (Wildman–Crippen LogP) is 3.71. The summed E-state index contributed by atoms with van der Waals surface area (Å²) < 4.78 is 30.2. The summed E-state index contributed by atoms with van der Waals surface area (Å²) in [4.78, 5) is 25.4. The van der Waals surface area contributed by atoms with Crippen LogP contribution in [0.2, 0.25) is 0 Å². The standard InChI is InChI=1S/C25H23NO5S/c1-31-20-14-10-18(11-15-20)7-6-17-8-12-19(13-9-17)26-25(28)22-16-32(29,30)23-5-3-2-4-21(23)24(22)27/h2-5,8-15,22H,6-7,16H2,1H3,(H,26,28)/t22-/m1/s1. The molecule has 0 aliphatic carbocycles. The molecule has 0 bridgehead atoms. The number of ether oxygens (including phenoxy) is 1. The van der Waals surface area contributed by atoms with Crippen LogP contribution in [0.15, 0.2) is 77.7 Å².